The summed E-state index contributed by atoms with van der Waals surface area (Å²) < 4.78 is 20.8. The molecule has 4 rings (SSSR count). The third-order valence-corrected chi connectivity index (χ3v) is 5.16. The molecule has 2 N–H and O–H groups in total. The summed E-state index contributed by atoms with van der Waals surface area (Å²) in [7, 11) is 0. The number of amides is 2. The third-order valence-electron chi connectivity index (χ3n) is 4.81. The number of benzene rings is 2. The van der Waals surface area contributed by atoms with Crippen molar-refractivity contribution in [2.75, 3.05) is 10.6 Å². The van der Waals surface area contributed by atoms with Crippen LogP contribution in [0.1, 0.15) is 32.2 Å². The minimum atomic E-state index is -0.649. The van der Waals surface area contributed by atoms with E-state index in [1.165, 1.54) is 29.1 Å². The van der Waals surface area contributed by atoms with Crippen LogP contribution < -0.4 is 10.6 Å². The average molecular weight is 453 g/mol. The molecule has 0 unspecified atom stereocenters. The number of aromatic nitrogens is 2. The molecule has 0 aliphatic rings. The van der Waals surface area contributed by atoms with Gasteiger partial charge in [0.25, 0.3) is 11.8 Å². The number of hydrogen-bond acceptors (Lipinski definition) is 4. The molecule has 9 heteroatoms. The van der Waals surface area contributed by atoms with Gasteiger partial charge in [0.1, 0.15) is 22.3 Å². The summed E-state index contributed by atoms with van der Waals surface area (Å²) in [5, 5.41) is 9.67. The Morgan fingerprint density at radius 1 is 1.03 bits per heavy atom. The Labute approximate surface area is 187 Å². The number of aryl methyl sites for hydroxylation is 2. The highest BCUT2D eigenvalue weighted by atomic mass is 35.5. The zero-order chi connectivity index (χ0) is 22.8. The molecule has 2 amide bonds. The second-order valence-corrected chi connectivity index (χ2v) is 7.35. The molecule has 2 heterocycles. The first-order chi connectivity index (χ1) is 15.3. The number of halogens is 2. The normalized spacial score (nSPS) is 10.8. The van der Waals surface area contributed by atoms with Crippen molar-refractivity contribution in [3.8, 4) is 5.69 Å². The van der Waals surface area contributed by atoms with Crippen LogP contribution in [-0.2, 0) is 0 Å². The Balaban J connectivity index is 1.57. The number of carbonyl (C=O) groups is 2. The van der Waals surface area contributed by atoms with Gasteiger partial charge in [-0.2, -0.15) is 5.10 Å². The van der Waals surface area contributed by atoms with Crippen LogP contribution in [0.3, 0.4) is 0 Å². The highest BCUT2D eigenvalue weighted by Gasteiger charge is 2.22. The first-order valence-corrected chi connectivity index (χ1v) is 10.00. The lowest BCUT2D eigenvalue weighted by Crippen LogP contribution is -2.15. The van der Waals surface area contributed by atoms with Crippen LogP contribution in [-0.4, -0.2) is 21.6 Å². The number of hydrogen-bond donors (Lipinski definition) is 2. The maximum atomic E-state index is 14.3. The summed E-state index contributed by atoms with van der Waals surface area (Å²) in [6.45, 7) is 3.30. The molecule has 0 bridgehead atoms. The van der Waals surface area contributed by atoms with Gasteiger partial charge in [0.05, 0.1) is 28.9 Å². The van der Waals surface area contributed by atoms with Crippen LogP contribution in [0.15, 0.2) is 65.3 Å². The van der Waals surface area contributed by atoms with E-state index in [2.05, 4.69) is 15.7 Å². The molecule has 2 aromatic heterocycles. The average Bonchev–Trinajstić information content (AvgIpc) is 3.33. The van der Waals surface area contributed by atoms with Crippen molar-refractivity contribution in [3.63, 3.8) is 0 Å². The summed E-state index contributed by atoms with van der Waals surface area (Å²) in [4.78, 5) is 25.3. The predicted octanol–water partition coefficient (Wildman–Crippen LogP) is 5.38. The number of nitrogens with one attached hydrogen (secondary N) is 2. The van der Waals surface area contributed by atoms with Crippen LogP contribution in [0.4, 0.5) is 15.8 Å². The molecule has 0 spiro atoms. The van der Waals surface area contributed by atoms with E-state index in [1.54, 1.807) is 13.8 Å². The quantitative estimate of drug-likeness (QED) is 0.425. The summed E-state index contributed by atoms with van der Waals surface area (Å²) in [6, 6.07) is 14.5. The highest BCUT2D eigenvalue weighted by Crippen LogP contribution is 2.26. The number of para-hydroxylation sites is 1. The smallest absolute Gasteiger partial charge is 0.260 e. The van der Waals surface area contributed by atoms with Crippen LogP contribution in [0, 0.1) is 19.7 Å². The second kappa shape index (κ2) is 8.68. The molecular weight excluding hydrogens is 435 g/mol. The van der Waals surface area contributed by atoms with Gasteiger partial charge in [0, 0.05) is 5.69 Å². The van der Waals surface area contributed by atoms with Crippen molar-refractivity contribution in [2.45, 2.75) is 13.8 Å². The molecule has 0 radical (unpaired) electrons. The number of carbonyl (C=O) groups excluding carboxylic acids is 2. The van der Waals surface area contributed by atoms with Crippen LogP contribution in [0.2, 0.25) is 5.15 Å². The van der Waals surface area contributed by atoms with Crippen molar-refractivity contribution in [1.29, 1.82) is 0 Å². The molecule has 4 aromatic rings. The fraction of sp³-hybridized carbons (Fsp3) is 0.0870. The molecule has 0 aliphatic heterocycles. The van der Waals surface area contributed by atoms with Crippen LogP contribution in [0.5, 0.6) is 0 Å². The largest absolute Gasteiger partial charge is 0.469 e. The first-order valence-electron chi connectivity index (χ1n) is 9.62. The van der Waals surface area contributed by atoms with E-state index in [-0.39, 0.29) is 27.7 Å². The Morgan fingerprint density at radius 2 is 1.78 bits per heavy atom. The molecule has 7 nitrogen and oxygen atoms in total. The van der Waals surface area contributed by atoms with Gasteiger partial charge in [-0.1, -0.05) is 29.8 Å². The lowest BCUT2D eigenvalue weighted by Gasteiger charge is -2.10. The third kappa shape index (κ3) is 4.13. The Morgan fingerprint density at radius 3 is 2.47 bits per heavy atom. The lowest BCUT2D eigenvalue weighted by molar-refractivity contribution is 0.101. The predicted molar refractivity (Wildman–Crippen MR) is 119 cm³/mol. The van der Waals surface area contributed by atoms with Crippen molar-refractivity contribution in [3.05, 3.63) is 94.4 Å². The lowest BCUT2D eigenvalue weighted by atomic mass is 10.2. The van der Waals surface area contributed by atoms with Gasteiger partial charge < -0.3 is 15.1 Å². The zero-order valence-corrected chi connectivity index (χ0v) is 17.9. The molecular formula is C23H18ClFN4O3. The van der Waals surface area contributed by atoms with E-state index in [4.69, 9.17) is 16.0 Å². The molecule has 0 fully saturated rings. The first kappa shape index (κ1) is 21.3. The number of rotatable bonds is 5. The Kier molecular flexibility index (Phi) is 5.79. The van der Waals surface area contributed by atoms with E-state index in [0.29, 0.717) is 17.1 Å². The van der Waals surface area contributed by atoms with Crippen molar-refractivity contribution >= 4 is 34.8 Å². The van der Waals surface area contributed by atoms with Gasteiger partial charge in [-0.05, 0) is 50.2 Å². The molecule has 0 atom stereocenters. The fourth-order valence-corrected chi connectivity index (χ4v) is 3.56. The maximum absolute atomic E-state index is 14.3. The summed E-state index contributed by atoms with van der Waals surface area (Å²) in [6.07, 6.45) is 1.37. The molecule has 162 valence electrons. The molecule has 0 aliphatic carbocycles. The second-order valence-electron chi connectivity index (χ2n) is 6.99. The van der Waals surface area contributed by atoms with E-state index in [9.17, 15) is 14.0 Å². The summed E-state index contributed by atoms with van der Waals surface area (Å²) in [5.74, 6) is -1.28. The number of furan rings is 1. The van der Waals surface area contributed by atoms with Crippen LogP contribution >= 0.6 is 11.6 Å². The zero-order valence-electron chi connectivity index (χ0n) is 17.1. The van der Waals surface area contributed by atoms with Crippen molar-refractivity contribution in [2.24, 2.45) is 0 Å². The topological polar surface area (TPSA) is 89.2 Å². The van der Waals surface area contributed by atoms with Crippen molar-refractivity contribution < 1.29 is 18.4 Å². The number of nitrogens with zero attached hydrogens (tertiary/aromatic N) is 2. The highest BCUT2D eigenvalue weighted by molar-refractivity contribution is 6.34. The maximum Gasteiger partial charge on any atom is 0.260 e. The van der Waals surface area contributed by atoms with E-state index < -0.39 is 17.6 Å². The Hall–Kier alpha value is -3.91. The summed E-state index contributed by atoms with van der Waals surface area (Å²) in [5.41, 5.74) is 1.81. The van der Waals surface area contributed by atoms with Gasteiger partial charge in [-0.25, -0.2) is 9.07 Å². The van der Waals surface area contributed by atoms with Gasteiger partial charge in [-0.3, -0.25) is 9.59 Å². The van der Waals surface area contributed by atoms with Gasteiger partial charge in [0.15, 0.2) is 0 Å². The summed E-state index contributed by atoms with van der Waals surface area (Å²) >= 11 is 6.44. The van der Waals surface area contributed by atoms with E-state index in [1.807, 2.05) is 30.3 Å². The molecule has 0 saturated heterocycles. The van der Waals surface area contributed by atoms with Crippen LogP contribution in [0.25, 0.3) is 5.69 Å². The SMILES string of the molecule is Cc1nn(-c2ccccc2)c(Cl)c1C(=O)Nc1ccc(F)c(NC(=O)c2ccoc2C)c1. The van der Waals surface area contributed by atoms with Gasteiger partial charge in [0.2, 0.25) is 0 Å². The number of anilines is 2. The Bertz CT molecular complexity index is 1310. The van der Waals surface area contributed by atoms with Crippen molar-refractivity contribution in [1.82, 2.24) is 9.78 Å². The minimum Gasteiger partial charge on any atom is -0.469 e. The standard InChI is InChI=1S/C23H18ClFN4O3/c1-13-20(21(24)29(28-13)16-6-4-3-5-7-16)23(31)26-15-8-9-18(25)19(12-15)27-22(30)17-10-11-32-14(17)2/h3-12H,1-2H3,(H,26,31)(H,27,30). The minimum absolute atomic E-state index is 0.0869. The molecule has 2 aromatic carbocycles. The van der Waals surface area contributed by atoms with Gasteiger partial charge in [-0.15, -0.1) is 0 Å². The van der Waals surface area contributed by atoms with E-state index in [0.717, 1.165) is 6.07 Å². The molecule has 0 saturated carbocycles. The monoisotopic (exact) mass is 452 g/mol. The molecule has 32 heavy (non-hydrogen) atoms. The van der Waals surface area contributed by atoms with E-state index >= 15 is 0 Å². The van der Waals surface area contributed by atoms with Gasteiger partial charge >= 0.3 is 0 Å². The fourth-order valence-electron chi connectivity index (χ4n) is 3.20.